The van der Waals surface area contributed by atoms with E-state index in [1.165, 1.54) is 0 Å². The van der Waals surface area contributed by atoms with E-state index in [0.717, 1.165) is 15.7 Å². The molecule has 4 nitrogen and oxygen atoms in total. The van der Waals surface area contributed by atoms with Crippen molar-refractivity contribution in [1.29, 1.82) is 0 Å². The number of carbonyl (C=O) groups is 1. The van der Waals surface area contributed by atoms with Crippen LogP contribution < -0.4 is 5.32 Å². The Kier molecular flexibility index (Phi) is 7.88. The fourth-order valence-corrected chi connectivity index (χ4v) is 1.99. The normalized spacial score (nSPS) is 12.5. The van der Waals surface area contributed by atoms with Crippen LogP contribution in [0.4, 0.5) is 0 Å². The molecule has 1 aromatic rings. The lowest BCUT2D eigenvalue weighted by Gasteiger charge is -2.09. The first-order chi connectivity index (χ1) is 10.5. The number of aliphatic imine (C=N–C) groups is 1. The fraction of sp³-hybridized carbons (Fsp3) is 0.412. The monoisotopic (exact) mass is 366 g/mol. The van der Waals surface area contributed by atoms with Gasteiger partial charge in [0.05, 0.1) is 6.61 Å². The summed E-state index contributed by atoms with van der Waals surface area (Å²) < 4.78 is 6.09. The van der Waals surface area contributed by atoms with Gasteiger partial charge in [0.25, 0.3) is 0 Å². The van der Waals surface area contributed by atoms with Crippen LogP contribution in [0, 0.1) is 5.92 Å². The van der Waals surface area contributed by atoms with E-state index in [2.05, 4.69) is 40.1 Å². The second-order valence-electron chi connectivity index (χ2n) is 5.16. The van der Waals surface area contributed by atoms with Gasteiger partial charge in [0.1, 0.15) is 5.71 Å². The molecule has 0 aliphatic rings. The zero-order valence-corrected chi connectivity index (χ0v) is 15.1. The topological polar surface area (TPSA) is 50.7 Å². The average molecular weight is 367 g/mol. The Morgan fingerprint density at radius 3 is 2.50 bits per heavy atom. The lowest BCUT2D eigenvalue weighted by atomic mass is 10.1. The summed E-state index contributed by atoms with van der Waals surface area (Å²) in [5.74, 6) is -0.0171. The van der Waals surface area contributed by atoms with Crippen LogP contribution in [0.25, 0.3) is 5.70 Å². The summed E-state index contributed by atoms with van der Waals surface area (Å²) in [4.78, 5) is 16.4. The molecule has 1 rings (SSSR count). The average Bonchev–Trinajstić information content (AvgIpc) is 2.48. The quantitative estimate of drug-likeness (QED) is 0.591. The van der Waals surface area contributed by atoms with Crippen LogP contribution in [0.3, 0.4) is 0 Å². The Hall–Kier alpha value is -1.62. The summed E-state index contributed by atoms with van der Waals surface area (Å²) in [5.41, 5.74) is 2.14. The highest BCUT2D eigenvalue weighted by atomic mass is 79.9. The minimum Gasteiger partial charge on any atom is -0.461 e. The van der Waals surface area contributed by atoms with Crippen molar-refractivity contribution in [1.82, 2.24) is 5.32 Å². The van der Waals surface area contributed by atoms with E-state index >= 15 is 0 Å². The van der Waals surface area contributed by atoms with Gasteiger partial charge in [-0.1, -0.05) is 41.9 Å². The Labute approximate surface area is 140 Å². The Morgan fingerprint density at radius 1 is 1.36 bits per heavy atom. The summed E-state index contributed by atoms with van der Waals surface area (Å²) in [7, 11) is 1.82. The number of ether oxygens (including phenoxy) is 1. The van der Waals surface area contributed by atoms with Gasteiger partial charge in [-0.25, -0.2) is 4.79 Å². The molecule has 0 aliphatic heterocycles. The first-order valence-electron chi connectivity index (χ1n) is 7.34. The van der Waals surface area contributed by atoms with Gasteiger partial charge in [0.2, 0.25) is 0 Å². The van der Waals surface area contributed by atoms with Gasteiger partial charge in [-0.05, 0) is 36.6 Å². The third-order valence-corrected chi connectivity index (χ3v) is 3.35. The van der Waals surface area contributed by atoms with Crippen molar-refractivity contribution >= 4 is 33.3 Å². The second kappa shape index (κ2) is 9.41. The third-order valence-electron chi connectivity index (χ3n) is 2.82. The maximum absolute atomic E-state index is 12.1. The fourth-order valence-electron chi connectivity index (χ4n) is 1.72. The van der Waals surface area contributed by atoms with E-state index in [9.17, 15) is 4.79 Å². The molecule has 0 heterocycles. The summed E-state index contributed by atoms with van der Waals surface area (Å²) >= 11 is 3.41. The summed E-state index contributed by atoms with van der Waals surface area (Å²) in [5, 5.41) is 3.11. The van der Waals surface area contributed by atoms with E-state index in [4.69, 9.17) is 4.74 Å². The molecule has 22 heavy (non-hydrogen) atoms. The van der Waals surface area contributed by atoms with E-state index in [1.807, 2.05) is 31.3 Å². The van der Waals surface area contributed by atoms with Gasteiger partial charge >= 0.3 is 5.97 Å². The van der Waals surface area contributed by atoms with Gasteiger partial charge in [-0.2, -0.15) is 0 Å². The van der Waals surface area contributed by atoms with Crippen molar-refractivity contribution in [3.8, 4) is 0 Å². The zero-order chi connectivity index (χ0) is 16.5. The van der Waals surface area contributed by atoms with E-state index in [-0.39, 0.29) is 0 Å². The van der Waals surface area contributed by atoms with Crippen molar-refractivity contribution in [2.75, 3.05) is 20.2 Å². The zero-order valence-electron chi connectivity index (χ0n) is 13.5. The lowest BCUT2D eigenvalue weighted by molar-refractivity contribution is -0.134. The molecule has 1 N–H and O–H groups in total. The second-order valence-corrected chi connectivity index (χ2v) is 6.07. The van der Waals surface area contributed by atoms with Gasteiger partial charge in [0.15, 0.2) is 0 Å². The van der Waals surface area contributed by atoms with Gasteiger partial charge in [0, 0.05) is 23.8 Å². The first-order valence-corrected chi connectivity index (χ1v) is 8.14. The molecule has 0 unspecified atom stereocenters. The summed E-state index contributed by atoms with van der Waals surface area (Å²) in [6.07, 6.45) is 1.74. The molecule has 0 amide bonds. The maximum Gasteiger partial charge on any atom is 0.356 e. The molecule has 0 atom stereocenters. The molecule has 0 radical (unpaired) electrons. The number of esters is 1. The van der Waals surface area contributed by atoms with Crippen molar-refractivity contribution in [2.24, 2.45) is 10.9 Å². The largest absolute Gasteiger partial charge is 0.461 e. The van der Waals surface area contributed by atoms with Crippen LogP contribution in [0.15, 0.2) is 39.8 Å². The minimum absolute atomic E-state index is 0.334. The summed E-state index contributed by atoms with van der Waals surface area (Å²) in [6, 6.07) is 7.85. The third kappa shape index (κ3) is 6.02. The van der Waals surface area contributed by atoms with Crippen molar-refractivity contribution < 1.29 is 9.53 Å². The Bertz CT molecular complexity index is 548. The molecule has 0 saturated heterocycles. The smallest absolute Gasteiger partial charge is 0.356 e. The van der Waals surface area contributed by atoms with Crippen molar-refractivity contribution in [3.05, 3.63) is 40.4 Å². The molecule has 5 heteroatoms. The Balaban J connectivity index is 3.12. The van der Waals surface area contributed by atoms with Gasteiger partial charge in [-0.15, -0.1) is 0 Å². The number of nitrogens with one attached hydrogen (secondary N) is 1. The number of carbonyl (C=O) groups excluding carboxylic acids is 1. The predicted molar refractivity (Wildman–Crippen MR) is 95.0 cm³/mol. The van der Waals surface area contributed by atoms with Crippen LogP contribution in [0.1, 0.15) is 26.3 Å². The van der Waals surface area contributed by atoms with Crippen LogP contribution in [-0.2, 0) is 9.53 Å². The molecule has 0 spiro atoms. The van der Waals surface area contributed by atoms with Gasteiger partial charge < -0.3 is 10.1 Å². The molecule has 0 aliphatic carbocycles. The molecular formula is C17H23BrN2O2. The number of benzene rings is 1. The molecule has 0 aromatic heterocycles. The molecule has 0 bridgehead atoms. The highest BCUT2D eigenvalue weighted by molar-refractivity contribution is 9.10. The number of rotatable bonds is 7. The standard InChI is InChI=1S/C17H23BrN2O2/c1-5-22-17(21)16(20-11-12(2)3)10-15(19-4)13-6-8-14(18)9-7-13/h6-10,12,19H,5,11H2,1-4H3/b15-10-,20-16-. The highest BCUT2D eigenvalue weighted by Crippen LogP contribution is 2.16. The maximum atomic E-state index is 12.1. The predicted octanol–water partition coefficient (Wildman–Crippen LogP) is 3.67. The molecule has 120 valence electrons. The molecule has 1 aromatic carbocycles. The number of hydrogen-bond acceptors (Lipinski definition) is 4. The van der Waals surface area contributed by atoms with Gasteiger partial charge in [-0.3, -0.25) is 4.99 Å². The van der Waals surface area contributed by atoms with Crippen molar-refractivity contribution in [3.63, 3.8) is 0 Å². The first kappa shape index (κ1) is 18.4. The van der Waals surface area contributed by atoms with E-state index in [0.29, 0.717) is 24.8 Å². The molecule has 0 saturated carbocycles. The Morgan fingerprint density at radius 2 is 2.00 bits per heavy atom. The van der Waals surface area contributed by atoms with E-state index < -0.39 is 5.97 Å². The molecule has 0 fully saturated rings. The summed E-state index contributed by atoms with van der Waals surface area (Å²) in [6.45, 7) is 6.82. The van der Waals surface area contributed by atoms with Crippen LogP contribution in [0.2, 0.25) is 0 Å². The van der Waals surface area contributed by atoms with Crippen LogP contribution in [-0.4, -0.2) is 31.9 Å². The van der Waals surface area contributed by atoms with Crippen LogP contribution >= 0.6 is 15.9 Å². The van der Waals surface area contributed by atoms with E-state index in [1.54, 1.807) is 13.0 Å². The number of hydrogen-bond donors (Lipinski definition) is 1. The van der Waals surface area contributed by atoms with Crippen molar-refractivity contribution in [2.45, 2.75) is 20.8 Å². The number of nitrogens with zero attached hydrogens (tertiary/aromatic N) is 1. The molecular weight excluding hydrogens is 344 g/mol. The minimum atomic E-state index is -0.395. The number of halogens is 1. The SMILES string of the molecule is CCOC(=O)C(/C=C(\NC)c1ccc(Br)cc1)=N\CC(C)C. The van der Waals surface area contributed by atoms with Crippen LogP contribution in [0.5, 0.6) is 0 Å². The lowest BCUT2D eigenvalue weighted by Crippen LogP contribution is -2.19. The highest BCUT2D eigenvalue weighted by Gasteiger charge is 2.12.